The second kappa shape index (κ2) is 5.31. The van der Waals surface area contributed by atoms with E-state index in [1.165, 1.54) is 19.4 Å². The summed E-state index contributed by atoms with van der Waals surface area (Å²) in [5.41, 5.74) is 0.828. The molecule has 0 N–H and O–H groups in total. The third-order valence-electron chi connectivity index (χ3n) is 4.04. The van der Waals surface area contributed by atoms with Gasteiger partial charge >= 0.3 is 0 Å². The topological polar surface area (TPSA) is 43.0 Å². The van der Waals surface area contributed by atoms with Gasteiger partial charge in [-0.25, -0.2) is 4.68 Å². The maximum atomic E-state index is 6.07. The van der Waals surface area contributed by atoms with Crippen molar-refractivity contribution in [2.24, 2.45) is 5.92 Å². The summed E-state index contributed by atoms with van der Waals surface area (Å²) in [7, 11) is 0. The van der Waals surface area contributed by atoms with Crippen LogP contribution in [0.25, 0.3) is 5.69 Å². The molecule has 0 spiro atoms. The van der Waals surface area contributed by atoms with Gasteiger partial charge in [0.15, 0.2) is 0 Å². The van der Waals surface area contributed by atoms with Crippen LogP contribution in [-0.4, -0.2) is 45.6 Å². The predicted molar refractivity (Wildman–Crippen MR) is 79.9 cm³/mol. The van der Waals surface area contributed by atoms with Gasteiger partial charge in [-0.05, 0) is 37.0 Å². The van der Waals surface area contributed by atoms with Gasteiger partial charge in [-0.1, -0.05) is 16.8 Å². The van der Waals surface area contributed by atoms with Crippen LogP contribution in [0.15, 0.2) is 30.6 Å². The molecule has 21 heavy (non-hydrogen) atoms. The normalized spacial score (nSPS) is 24.0. The molecule has 2 unspecified atom stereocenters. The molecule has 2 aliphatic rings. The van der Waals surface area contributed by atoms with Gasteiger partial charge in [-0.15, -0.1) is 5.10 Å². The van der Waals surface area contributed by atoms with Crippen molar-refractivity contribution in [1.29, 1.82) is 0 Å². The maximum absolute atomic E-state index is 6.07. The molecule has 0 bridgehead atoms. The second-order valence-electron chi connectivity index (χ2n) is 5.82. The fourth-order valence-corrected chi connectivity index (χ4v) is 2.72. The molecule has 2 fully saturated rings. The van der Waals surface area contributed by atoms with Crippen LogP contribution in [0.3, 0.4) is 0 Å². The zero-order chi connectivity index (χ0) is 14.2. The second-order valence-corrected chi connectivity index (χ2v) is 6.26. The van der Waals surface area contributed by atoms with E-state index in [1.807, 2.05) is 18.2 Å². The van der Waals surface area contributed by atoms with Gasteiger partial charge in [-0.2, -0.15) is 0 Å². The first-order valence-electron chi connectivity index (χ1n) is 7.33. The number of rotatable bonds is 6. The molecule has 110 valence electrons. The van der Waals surface area contributed by atoms with Gasteiger partial charge in [0.2, 0.25) is 0 Å². The van der Waals surface area contributed by atoms with Gasteiger partial charge in [0.25, 0.3) is 0 Å². The van der Waals surface area contributed by atoms with Gasteiger partial charge in [0.1, 0.15) is 18.0 Å². The zero-order valence-corrected chi connectivity index (χ0v) is 12.4. The van der Waals surface area contributed by atoms with Crippen molar-refractivity contribution >= 4 is 11.6 Å². The first-order valence-corrected chi connectivity index (χ1v) is 7.70. The lowest BCUT2D eigenvalue weighted by Crippen LogP contribution is -2.13. The predicted octanol–water partition coefficient (Wildman–Crippen LogP) is 2.39. The Hall–Kier alpha value is -1.59. The number of aromatic nitrogens is 3. The molecule has 4 rings (SSSR count). The quantitative estimate of drug-likeness (QED) is 0.769. The lowest BCUT2D eigenvalue weighted by Gasteiger charge is -2.11. The summed E-state index contributed by atoms with van der Waals surface area (Å²) in [5, 5.41) is 8.51. The van der Waals surface area contributed by atoms with E-state index in [9.17, 15) is 0 Å². The zero-order valence-electron chi connectivity index (χ0n) is 11.7. The largest absolute Gasteiger partial charge is 0.490 e. The smallest absolute Gasteiger partial charge is 0.145 e. The molecule has 0 radical (unpaired) electrons. The molecule has 2 heterocycles. The van der Waals surface area contributed by atoms with E-state index in [0.29, 0.717) is 11.1 Å². The molecule has 1 aliphatic carbocycles. The minimum atomic E-state index is 0.560. The van der Waals surface area contributed by atoms with E-state index in [0.717, 1.165) is 30.5 Å². The Morgan fingerprint density at radius 3 is 3.00 bits per heavy atom. The Morgan fingerprint density at radius 1 is 1.33 bits per heavy atom. The Balaban J connectivity index is 1.43. The van der Waals surface area contributed by atoms with E-state index < -0.39 is 0 Å². The SMILES string of the molecule is Clc1ccc(OCC2CN2CC2CC2)c(-n2ccnn2)c1. The summed E-state index contributed by atoms with van der Waals surface area (Å²) in [6, 6.07) is 6.14. The Bertz CT molecular complexity index is 627. The highest BCUT2D eigenvalue weighted by Gasteiger charge is 2.38. The van der Waals surface area contributed by atoms with Crippen LogP contribution in [0.1, 0.15) is 12.8 Å². The monoisotopic (exact) mass is 304 g/mol. The number of halogens is 1. The van der Waals surface area contributed by atoms with Crippen molar-refractivity contribution in [3.8, 4) is 11.4 Å². The minimum Gasteiger partial charge on any atom is -0.490 e. The maximum Gasteiger partial charge on any atom is 0.145 e. The minimum absolute atomic E-state index is 0.560. The molecular weight excluding hydrogens is 288 g/mol. The summed E-state index contributed by atoms with van der Waals surface area (Å²) < 4.78 is 7.66. The van der Waals surface area contributed by atoms with Crippen molar-refractivity contribution in [1.82, 2.24) is 19.9 Å². The van der Waals surface area contributed by atoms with Gasteiger partial charge in [0, 0.05) is 18.1 Å². The molecule has 1 aliphatic heterocycles. The highest BCUT2D eigenvalue weighted by atomic mass is 35.5. The first-order chi connectivity index (χ1) is 10.3. The summed E-state index contributed by atoms with van der Waals surface area (Å²) in [4.78, 5) is 2.49. The van der Waals surface area contributed by atoms with Crippen molar-refractivity contribution in [2.45, 2.75) is 18.9 Å². The third kappa shape index (κ3) is 3.04. The fourth-order valence-electron chi connectivity index (χ4n) is 2.55. The summed E-state index contributed by atoms with van der Waals surface area (Å²) in [5.74, 6) is 1.74. The molecule has 1 aromatic heterocycles. The molecule has 1 saturated heterocycles. The van der Waals surface area contributed by atoms with E-state index in [1.54, 1.807) is 17.1 Å². The Kier molecular flexibility index (Phi) is 3.31. The van der Waals surface area contributed by atoms with E-state index in [-0.39, 0.29) is 0 Å². The molecule has 0 amide bonds. The summed E-state index contributed by atoms with van der Waals surface area (Å²) in [6.45, 7) is 3.11. The van der Waals surface area contributed by atoms with Gasteiger partial charge in [0.05, 0.1) is 18.4 Å². The fraction of sp³-hybridized carbons (Fsp3) is 0.467. The van der Waals surface area contributed by atoms with Crippen LogP contribution >= 0.6 is 11.6 Å². The number of benzene rings is 1. The van der Waals surface area contributed by atoms with Crippen LogP contribution in [0.5, 0.6) is 5.75 Å². The number of hydrogen-bond donors (Lipinski definition) is 0. The number of nitrogens with zero attached hydrogens (tertiary/aromatic N) is 4. The van der Waals surface area contributed by atoms with Crippen molar-refractivity contribution in [2.75, 3.05) is 19.7 Å². The van der Waals surface area contributed by atoms with E-state index in [2.05, 4.69) is 15.2 Å². The molecule has 2 aromatic rings. The van der Waals surface area contributed by atoms with Crippen molar-refractivity contribution in [3.05, 3.63) is 35.6 Å². The van der Waals surface area contributed by atoms with Crippen LogP contribution in [0.2, 0.25) is 5.02 Å². The molecule has 1 saturated carbocycles. The molecular formula is C15H17ClN4O. The van der Waals surface area contributed by atoms with Crippen LogP contribution in [-0.2, 0) is 0 Å². The van der Waals surface area contributed by atoms with Gasteiger partial charge < -0.3 is 4.74 Å². The highest BCUT2D eigenvalue weighted by molar-refractivity contribution is 6.30. The molecule has 2 atom stereocenters. The average molecular weight is 305 g/mol. The standard InChI is InChI=1S/C15H17ClN4O/c16-12-3-4-15(14(7-12)20-6-5-17-18-20)21-10-13-9-19(13)8-11-1-2-11/h3-7,11,13H,1-2,8-10H2. The van der Waals surface area contributed by atoms with Crippen molar-refractivity contribution in [3.63, 3.8) is 0 Å². The number of ether oxygens (including phenoxy) is 1. The van der Waals surface area contributed by atoms with Crippen molar-refractivity contribution < 1.29 is 4.74 Å². The van der Waals surface area contributed by atoms with E-state index in [4.69, 9.17) is 16.3 Å². The first kappa shape index (κ1) is 13.1. The lowest BCUT2D eigenvalue weighted by molar-refractivity contribution is 0.291. The Morgan fingerprint density at radius 2 is 2.24 bits per heavy atom. The van der Waals surface area contributed by atoms with E-state index >= 15 is 0 Å². The number of hydrogen-bond acceptors (Lipinski definition) is 4. The lowest BCUT2D eigenvalue weighted by atomic mass is 10.3. The van der Waals surface area contributed by atoms with Crippen LogP contribution in [0.4, 0.5) is 0 Å². The average Bonchev–Trinajstić information content (AvgIpc) is 3.39. The van der Waals surface area contributed by atoms with Gasteiger partial charge in [-0.3, -0.25) is 4.90 Å². The summed E-state index contributed by atoms with van der Waals surface area (Å²) in [6.07, 6.45) is 6.23. The summed E-state index contributed by atoms with van der Waals surface area (Å²) >= 11 is 6.07. The molecule has 1 aromatic carbocycles. The third-order valence-corrected chi connectivity index (χ3v) is 4.27. The highest BCUT2D eigenvalue weighted by Crippen LogP contribution is 2.34. The Labute approximate surface area is 128 Å². The van der Waals surface area contributed by atoms with Crippen LogP contribution < -0.4 is 4.74 Å². The molecule has 5 nitrogen and oxygen atoms in total. The van der Waals surface area contributed by atoms with Crippen LogP contribution in [0, 0.1) is 5.92 Å². The molecule has 6 heteroatoms.